The van der Waals surface area contributed by atoms with Crippen LogP contribution in [0.2, 0.25) is 0 Å². The second-order valence-electron chi connectivity index (χ2n) is 5.18. The number of amides is 1. The average Bonchev–Trinajstić information content (AvgIpc) is 2.60. The van der Waals surface area contributed by atoms with Crippen molar-refractivity contribution in [1.29, 1.82) is 0 Å². The van der Waals surface area contributed by atoms with Crippen molar-refractivity contribution in [2.24, 2.45) is 0 Å². The normalized spacial score (nSPS) is 12.4. The molecule has 9 heteroatoms. The van der Waals surface area contributed by atoms with Gasteiger partial charge in [0.05, 0.1) is 25.4 Å². The molecular weight excluding hydrogens is 349 g/mol. The van der Waals surface area contributed by atoms with Crippen LogP contribution in [-0.2, 0) is 21.4 Å². The lowest BCUT2D eigenvalue weighted by Crippen LogP contribution is -2.44. The fourth-order valence-corrected chi connectivity index (χ4v) is 3.43. The standard InChI is InChI=1S/C16H18FN3O4S/c1-11(16(21)19-10-13-5-3-4-8-18-13)20-25(22,23)15-9-12(17)6-7-14(15)24-2/h3-9,11,20H,10H2,1-2H3,(H,19,21). The minimum absolute atomic E-state index is 0.0185. The number of methoxy groups -OCH3 is 1. The Kier molecular flexibility index (Phi) is 6.05. The van der Waals surface area contributed by atoms with Crippen LogP contribution in [0.5, 0.6) is 5.75 Å². The fraction of sp³-hybridized carbons (Fsp3) is 0.250. The number of hydrogen-bond acceptors (Lipinski definition) is 5. The maximum Gasteiger partial charge on any atom is 0.245 e. The Labute approximate surface area is 145 Å². The summed E-state index contributed by atoms with van der Waals surface area (Å²) >= 11 is 0. The van der Waals surface area contributed by atoms with Crippen LogP contribution >= 0.6 is 0 Å². The van der Waals surface area contributed by atoms with Crippen LogP contribution in [0.3, 0.4) is 0 Å². The number of hydrogen-bond donors (Lipinski definition) is 2. The van der Waals surface area contributed by atoms with Crippen molar-refractivity contribution >= 4 is 15.9 Å². The number of nitrogens with one attached hydrogen (secondary N) is 2. The lowest BCUT2D eigenvalue weighted by Gasteiger charge is -2.16. The van der Waals surface area contributed by atoms with Crippen LogP contribution in [0.15, 0.2) is 47.5 Å². The third-order valence-corrected chi connectivity index (χ3v) is 4.87. The van der Waals surface area contributed by atoms with Gasteiger partial charge in [-0.3, -0.25) is 9.78 Å². The molecule has 0 saturated heterocycles. The van der Waals surface area contributed by atoms with E-state index in [1.54, 1.807) is 24.4 Å². The largest absolute Gasteiger partial charge is 0.495 e. The highest BCUT2D eigenvalue weighted by molar-refractivity contribution is 7.89. The van der Waals surface area contributed by atoms with Crippen LogP contribution in [0.25, 0.3) is 0 Å². The first-order chi connectivity index (χ1) is 11.8. The van der Waals surface area contributed by atoms with Crippen LogP contribution in [0.4, 0.5) is 4.39 Å². The molecule has 0 spiro atoms. The Morgan fingerprint density at radius 3 is 2.72 bits per heavy atom. The molecule has 0 bridgehead atoms. The topological polar surface area (TPSA) is 97.4 Å². The van der Waals surface area contributed by atoms with Crippen molar-refractivity contribution < 1.29 is 22.3 Å². The first-order valence-corrected chi connectivity index (χ1v) is 8.85. The quantitative estimate of drug-likeness (QED) is 0.767. The molecule has 0 aliphatic rings. The van der Waals surface area contributed by atoms with E-state index in [1.165, 1.54) is 20.1 Å². The van der Waals surface area contributed by atoms with Crippen molar-refractivity contribution in [2.75, 3.05) is 7.11 Å². The van der Waals surface area contributed by atoms with Gasteiger partial charge in [-0.1, -0.05) is 6.07 Å². The molecule has 0 aliphatic carbocycles. The van der Waals surface area contributed by atoms with Crippen molar-refractivity contribution in [3.8, 4) is 5.75 Å². The molecule has 7 nitrogen and oxygen atoms in total. The zero-order chi connectivity index (χ0) is 18.4. The summed E-state index contributed by atoms with van der Waals surface area (Å²) in [6, 6.07) is 7.30. The number of carbonyl (C=O) groups is 1. The second-order valence-corrected chi connectivity index (χ2v) is 6.86. The van der Waals surface area contributed by atoms with E-state index in [4.69, 9.17) is 4.74 Å². The molecule has 134 valence electrons. The zero-order valence-electron chi connectivity index (χ0n) is 13.7. The molecule has 1 atom stereocenters. The molecule has 2 rings (SSSR count). The summed E-state index contributed by atoms with van der Waals surface area (Å²) in [5.41, 5.74) is 0.637. The molecular formula is C16H18FN3O4S. The molecule has 0 saturated carbocycles. The van der Waals surface area contributed by atoms with E-state index in [0.717, 1.165) is 12.1 Å². The highest BCUT2D eigenvalue weighted by Crippen LogP contribution is 2.24. The number of aromatic nitrogens is 1. The predicted molar refractivity (Wildman–Crippen MR) is 88.8 cm³/mol. The van der Waals surface area contributed by atoms with Gasteiger partial charge in [0, 0.05) is 6.20 Å². The van der Waals surface area contributed by atoms with E-state index in [-0.39, 0.29) is 17.2 Å². The van der Waals surface area contributed by atoms with Crippen molar-refractivity contribution in [2.45, 2.75) is 24.4 Å². The highest BCUT2D eigenvalue weighted by Gasteiger charge is 2.25. The zero-order valence-corrected chi connectivity index (χ0v) is 14.5. The summed E-state index contributed by atoms with van der Waals surface area (Å²) in [5, 5.41) is 2.58. The Bertz CT molecular complexity index is 844. The number of ether oxygens (including phenoxy) is 1. The Morgan fingerprint density at radius 2 is 2.08 bits per heavy atom. The number of halogens is 1. The Balaban J connectivity index is 2.06. The Morgan fingerprint density at radius 1 is 1.32 bits per heavy atom. The minimum Gasteiger partial charge on any atom is -0.495 e. The van der Waals surface area contributed by atoms with E-state index in [0.29, 0.717) is 5.69 Å². The van der Waals surface area contributed by atoms with Gasteiger partial charge in [0.1, 0.15) is 16.5 Å². The molecule has 25 heavy (non-hydrogen) atoms. The molecule has 1 amide bonds. The van der Waals surface area contributed by atoms with Gasteiger partial charge in [0.25, 0.3) is 0 Å². The second kappa shape index (κ2) is 8.04. The molecule has 1 heterocycles. The molecule has 0 radical (unpaired) electrons. The molecule has 1 unspecified atom stereocenters. The van der Waals surface area contributed by atoms with Crippen LogP contribution in [0, 0.1) is 5.82 Å². The monoisotopic (exact) mass is 367 g/mol. The maximum atomic E-state index is 13.4. The number of rotatable bonds is 7. The van der Waals surface area contributed by atoms with Crippen LogP contribution in [0.1, 0.15) is 12.6 Å². The van der Waals surface area contributed by atoms with Gasteiger partial charge in [0.15, 0.2) is 0 Å². The van der Waals surface area contributed by atoms with E-state index >= 15 is 0 Å². The van der Waals surface area contributed by atoms with Crippen LogP contribution in [-0.4, -0.2) is 32.5 Å². The maximum absolute atomic E-state index is 13.4. The summed E-state index contributed by atoms with van der Waals surface area (Å²) < 4.78 is 45.3. The van der Waals surface area contributed by atoms with Crippen LogP contribution < -0.4 is 14.8 Å². The predicted octanol–water partition coefficient (Wildman–Crippen LogP) is 1.21. The number of sulfonamides is 1. The lowest BCUT2D eigenvalue weighted by molar-refractivity contribution is -0.122. The smallest absolute Gasteiger partial charge is 0.245 e. The summed E-state index contributed by atoms with van der Waals surface area (Å²) in [5.74, 6) is -1.28. The molecule has 2 aromatic rings. The molecule has 1 aromatic heterocycles. The molecule has 2 N–H and O–H groups in total. The fourth-order valence-electron chi connectivity index (χ4n) is 2.04. The number of benzene rings is 1. The number of pyridine rings is 1. The third kappa shape index (κ3) is 4.97. The van der Waals surface area contributed by atoms with Gasteiger partial charge >= 0.3 is 0 Å². The summed E-state index contributed by atoms with van der Waals surface area (Å²) in [4.78, 5) is 15.8. The number of carbonyl (C=O) groups excluding carboxylic acids is 1. The van der Waals surface area contributed by atoms with Gasteiger partial charge in [-0.15, -0.1) is 0 Å². The van der Waals surface area contributed by atoms with Gasteiger partial charge in [0.2, 0.25) is 15.9 Å². The first-order valence-electron chi connectivity index (χ1n) is 7.37. The van der Waals surface area contributed by atoms with Gasteiger partial charge in [-0.05, 0) is 37.3 Å². The van der Waals surface area contributed by atoms with E-state index in [2.05, 4.69) is 15.0 Å². The van der Waals surface area contributed by atoms with Gasteiger partial charge < -0.3 is 10.1 Å². The molecule has 1 aromatic carbocycles. The van der Waals surface area contributed by atoms with Gasteiger partial charge in [-0.25, -0.2) is 12.8 Å². The van der Waals surface area contributed by atoms with E-state index in [1.807, 2.05) is 0 Å². The van der Waals surface area contributed by atoms with Crippen molar-refractivity contribution in [3.63, 3.8) is 0 Å². The summed E-state index contributed by atoms with van der Waals surface area (Å²) in [6.45, 7) is 1.55. The minimum atomic E-state index is -4.14. The third-order valence-electron chi connectivity index (χ3n) is 3.31. The van der Waals surface area contributed by atoms with E-state index in [9.17, 15) is 17.6 Å². The lowest BCUT2D eigenvalue weighted by atomic mass is 10.3. The summed E-state index contributed by atoms with van der Waals surface area (Å²) in [7, 11) is -2.87. The average molecular weight is 367 g/mol. The molecule has 0 aliphatic heterocycles. The van der Waals surface area contributed by atoms with Gasteiger partial charge in [-0.2, -0.15) is 4.72 Å². The first kappa shape index (κ1) is 18.8. The molecule has 0 fully saturated rings. The van der Waals surface area contributed by atoms with Crippen molar-refractivity contribution in [1.82, 2.24) is 15.0 Å². The van der Waals surface area contributed by atoms with Crippen molar-refractivity contribution in [3.05, 3.63) is 54.1 Å². The Hall–Kier alpha value is -2.52. The SMILES string of the molecule is COc1ccc(F)cc1S(=O)(=O)NC(C)C(=O)NCc1ccccn1. The summed E-state index contributed by atoms with van der Waals surface area (Å²) in [6.07, 6.45) is 1.59. The van der Waals surface area contributed by atoms with E-state index < -0.39 is 27.8 Å². The number of nitrogens with zero attached hydrogens (tertiary/aromatic N) is 1. The highest BCUT2D eigenvalue weighted by atomic mass is 32.2.